The van der Waals surface area contributed by atoms with Crippen LogP contribution in [0.2, 0.25) is 0 Å². The van der Waals surface area contributed by atoms with E-state index in [1.54, 1.807) is 11.3 Å². The van der Waals surface area contributed by atoms with Crippen LogP contribution in [-0.2, 0) is 6.42 Å². The summed E-state index contributed by atoms with van der Waals surface area (Å²) in [4.78, 5) is 5.67. The standard InChI is InChI=1S/C22H15N3O4S/c23-6-5-15-21(14-2-4-18-20(10-14)29-12-28-18)24-22-25(15)16(11-30-22)13-1-3-17-19(9-13)27-8-7-26-17/h1-4,9-11H,5,7-8,12H2. The van der Waals surface area contributed by atoms with Crippen molar-refractivity contribution in [1.82, 2.24) is 9.38 Å². The van der Waals surface area contributed by atoms with Crippen molar-refractivity contribution < 1.29 is 18.9 Å². The molecule has 6 rings (SSSR count). The fourth-order valence-electron chi connectivity index (χ4n) is 3.83. The van der Waals surface area contributed by atoms with Gasteiger partial charge < -0.3 is 18.9 Å². The van der Waals surface area contributed by atoms with E-state index in [4.69, 9.17) is 23.9 Å². The van der Waals surface area contributed by atoms with Crippen molar-refractivity contribution >= 4 is 16.3 Å². The van der Waals surface area contributed by atoms with Crippen molar-refractivity contribution in [2.45, 2.75) is 6.42 Å². The molecule has 0 N–H and O–H groups in total. The van der Waals surface area contributed by atoms with Crippen LogP contribution in [0.5, 0.6) is 23.0 Å². The van der Waals surface area contributed by atoms with Gasteiger partial charge in [-0.3, -0.25) is 4.40 Å². The van der Waals surface area contributed by atoms with E-state index < -0.39 is 0 Å². The van der Waals surface area contributed by atoms with Crippen LogP contribution in [0.3, 0.4) is 0 Å². The number of benzene rings is 2. The number of aromatic nitrogens is 2. The molecule has 148 valence electrons. The van der Waals surface area contributed by atoms with Crippen molar-refractivity contribution in [3.05, 3.63) is 47.5 Å². The molecule has 0 radical (unpaired) electrons. The van der Waals surface area contributed by atoms with E-state index in [9.17, 15) is 5.26 Å². The molecule has 2 aromatic carbocycles. The van der Waals surface area contributed by atoms with Crippen LogP contribution in [0.25, 0.3) is 27.5 Å². The lowest BCUT2D eigenvalue weighted by Gasteiger charge is -2.18. The van der Waals surface area contributed by atoms with Crippen molar-refractivity contribution in [2.24, 2.45) is 0 Å². The maximum absolute atomic E-state index is 9.51. The fourth-order valence-corrected chi connectivity index (χ4v) is 4.75. The first-order valence-corrected chi connectivity index (χ1v) is 10.4. The Morgan fingerprint density at radius 3 is 2.50 bits per heavy atom. The number of imidazole rings is 1. The summed E-state index contributed by atoms with van der Waals surface area (Å²) >= 11 is 1.54. The first-order chi connectivity index (χ1) is 14.8. The van der Waals surface area contributed by atoms with Gasteiger partial charge in [0.2, 0.25) is 6.79 Å². The Balaban J connectivity index is 1.52. The van der Waals surface area contributed by atoms with Gasteiger partial charge in [0.05, 0.1) is 29.6 Å². The highest BCUT2D eigenvalue weighted by Crippen LogP contribution is 2.40. The van der Waals surface area contributed by atoms with Crippen molar-refractivity contribution in [3.8, 4) is 51.6 Å². The number of hydrogen-bond donors (Lipinski definition) is 0. The Morgan fingerprint density at radius 1 is 0.933 bits per heavy atom. The molecule has 0 bridgehead atoms. The third-order valence-electron chi connectivity index (χ3n) is 5.19. The first kappa shape index (κ1) is 17.2. The zero-order valence-corrected chi connectivity index (χ0v) is 16.6. The molecule has 0 amide bonds. The average Bonchev–Trinajstić information content (AvgIpc) is 3.49. The molecule has 2 aliphatic rings. The van der Waals surface area contributed by atoms with Crippen LogP contribution >= 0.6 is 11.3 Å². The second kappa shape index (κ2) is 6.68. The van der Waals surface area contributed by atoms with Gasteiger partial charge in [0.15, 0.2) is 28.0 Å². The lowest BCUT2D eigenvalue weighted by molar-refractivity contribution is 0.171. The topological polar surface area (TPSA) is 78.0 Å². The summed E-state index contributed by atoms with van der Waals surface area (Å²) in [5.74, 6) is 2.90. The molecule has 0 saturated heterocycles. The van der Waals surface area contributed by atoms with Gasteiger partial charge >= 0.3 is 0 Å². The molecule has 0 aliphatic carbocycles. The SMILES string of the molecule is N#CCc1c(-c2ccc3c(c2)OCO3)nc2scc(-c3ccc4c(c3)OCCO4)n12. The predicted molar refractivity (Wildman–Crippen MR) is 110 cm³/mol. The summed E-state index contributed by atoms with van der Waals surface area (Å²) in [7, 11) is 0. The van der Waals surface area contributed by atoms with Crippen LogP contribution in [0.4, 0.5) is 0 Å². The Labute approximate surface area is 175 Å². The number of fused-ring (bicyclic) bond motifs is 3. The summed E-state index contributed by atoms with van der Waals surface area (Å²) < 4.78 is 24.4. The maximum atomic E-state index is 9.51. The Morgan fingerprint density at radius 2 is 1.63 bits per heavy atom. The largest absolute Gasteiger partial charge is 0.486 e. The van der Waals surface area contributed by atoms with E-state index in [-0.39, 0.29) is 13.2 Å². The number of hydrogen-bond acceptors (Lipinski definition) is 7. The van der Waals surface area contributed by atoms with Gasteiger partial charge in [-0.05, 0) is 36.4 Å². The van der Waals surface area contributed by atoms with Gasteiger partial charge in [0.25, 0.3) is 0 Å². The van der Waals surface area contributed by atoms with Crippen LogP contribution < -0.4 is 18.9 Å². The highest BCUT2D eigenvalue weighted by atomic mass is 32.1. The zero-order valence-electron chi connectivity index (χ0n) is 15.8. The lowest BCUT2D eigenvalue weighted by atomic mass is 10.1. The van der Waals surface area contributed by atoms with Crippen molar-refractivity contribution in [3.63, 3.8) is 0 Å². The molecule has 0 saturated carbocycles. The second-order valence-electron chi connectivity index (χ2n) is 6.91. The number of nitrogens with zero attached hydrogens (tertiary/aromatic N) is 3. The number of ether oxygens (including phenoxy) is 4. The van der Waals surface area contributed by atoms with E-state index in [2.05, 4.69) is 15.8 Å². The normalized spacial score (nSPS) is 14.1. The molecule has 0 spiro atoms. The van der Waals surface area contributed by atoms with Crippen molar-refractivity contribution in [2.75, 3.05) is 20.0 Å². The van der Waals surface area contributed by atoms with Gasteiger partial charge in [-0.25, -0.2) is 4.98 Å². The summed E-state index contributed by atoms with van der Waals surface area (Å²) in [6, 6.07) is 13.9. The molecular formula is C22H15N3O4S. The number of thiazole rings is 1. The van der Waals surface area contributed by atoms with Gasteiger partial charge in [0, 0.05) is 16.5 Å². The Bertz CT molecular complexity index is 1330. The van der Waals surface area contributed by atoms with Gasteiger partial charge in [-0.1, -0.05) is 0 Å². The minimum atomic E-state index is 0.219. The van der Waals surface area contributed by atoms with E-state index in [0.29, 0.717) is 19.0 Å². The average molecular weight is 417 g/mol. The van der Waals surface area contributed by atoms with Gasteiger partial charge in [-0.2, -0.15) is 5.26 Å². The third-order valence-corrected chi connectivity index (χ3v) is 6.02. The molecule has 30 heavy (non-hydrogen) atoms. The van der Waals surface area contributed by atoms with E-state index in [0.717, 1.165) is 50.4 Å². The molecule has 0 atom stereocenters. The van der Waals surface area contributed by atoms with E-state index in [1.165, 1.54) is 0 Å². The zero-order chi connectivity index (χ0) is 20.1. The summed E-state index contributed by atoms with van der Waals surface area (Å²) in [5.41, 5.74) is 4.47. The predicted octanol–water partition coefficient (Wildman–Crippen LogP) is 4.30. The van der Waals surface area contributed by atoms with Crippen LogP contribution in [0, 0.1) is 11.3 Å². The van der Waals surface area contributed by atoms with E-state index >= 15 is 0 Å². The fraction of sp³-hybridized carbons (Fsp3) is 0.182. The minimum absolute atomic E-state index is 0.219. The molecule has 8 heteroatoms. The van der Waals surface area contributed by atoms with Gasteiger partial charge in [0.1, 0.15) is 13.2 Å². The quantitative estimate of drug-likeness (QED) is 0.495. The highest BCUT2D eigenvalue weighted by Gasteiger charge is 2.22. The Kier molecular flexibility index (Phi) is 3.82. The molecule has 4 heterocycles. The maximum Gasteiger partial charge on any atom is 0.231 e. The van der Waals surface area contributed by atoms with Crippen LogP contribution in [0.1, 0.15) is 5.69 Å². The Hall–Kier alpha value is -3.70. The monoisotopic (exact) mass is 417 g/mol. The third kappa shape index (κ3) is 2.60. The molecular weight excluding hydrogens is 402 g/mol. The van der Waals surface area contributed by atoms with Crippen molar-refractivity contribution in [1.29, 1.82) is 5.26 Å². The lowest BCUT2D eigenvalue weighted by Crippen LogP contribution is -2.15. The summed E-state index contributed by atoms with van der Waals surface area (Å²) in [6.07, 6.45) is 0.235. The van der Waals surface area contributed by atoms with Crippen LogP contribution in [-0.4, -0.2) is 29.4 Å². The minimum Gasteiger partial charge on any atom is -0.486 e. The number of rotatable bonds is 3. The highest BCUT2D eigenvalue weighted by molar-refractivity contribution is 7.15. The summed E-state index contributed by atoms with van der Waals surface area (Å²) in [5, 5.41) is 11.6. The summed E-state index contributed by atoms with van der Waals surface area (Å²) in [6.45, 7) is 1.31. The molecule has 2 aliphatic heterocycles. The first-order valence-electron chi connectivity index (χ1n) is 9.47. The molecule has 0 unspecified atom stereocenters. The number of nitriles is 1. The van der Waals surface area contributed by atoms with Crippen LogP contribution in [0.15, 0.2) is 41.8 Å². The molecule has 0 fully saturated rings. The molecule has 2 aromatic heterocycles. The second-order valence-corrected chi connectivity index (χ2v) is 7.74. The molecule has 4 aromatic rings. The van der Waals surface area contributed by atoms with Gasteiger partial charge in [-0.15, -0.1) is 11.3 Å². The molecule has 7 nitrogen and oxygen atoms in total. The van der Waals surface area contributed by atoms with E-state index in [1.807, 2.05) is 36.4 Å². The smallest absolute Gasteiger partial charge is 0.231 e.